The van der Waals surface area contributed by atoms with E-state index in [0.29, 0.717) is 12.1 Å². The van der Waals surface area contributed by atoms with Crippen LogP contribution in [0.2, 0.25) is 0 Å². The minimum Gasteiger partial charge on any atom is -0.357 e. The Labute approximate surface area is 187 Å². The minimum absolute atomic E-state index is 0.0893. The number of thioether (sulfide) groups is 1. The molecule has 1 N–H and O–H groups in total. The first kappa shape index (κ1) is 20.9. The molecule has 4 nitrogen and oxygen atoms in total. The van der Waals surface area contributed by atoms with Gasteiger partial charge in [-0.2, -0.15) is 0 Å². The van der Waals surface area contributed by atoms with Gasteiger partial charge in [0.25, 0.3) is 5.91 Å². The standard InChI is InChI=1S/C26H25N3OS/c1-18-7-8-22(15-25(18)31-3)26(30)28-16-24-14-21(9-11-27-24)19-5-4-6-20(13-19)23-10-12-29(2)17-23/h4-15,17H,16H2,1-3H3,(H,28,30). The fourth-order valence-corrected chi connectivity index (χ4v) is 4.18. The van der Waals surface area contributed by atoms with Crippen molar-refractivity contribution >= 4 is 17.7 Å². The zero-order valence-corrected chi connectivity index (χ0v) is 18.7. The first-order valence-corrected chi connectivity index (χ1v) is 11.4. The number of rotatable bonds is 6. The lowest BCUT2D eigenvalue weighted by molar-refractivity contribution is 0.0950. The van der Waals surface area contributed by atoms with Crippen molar-refractivity contribution in [2.45, 2.75) is 18.4 Å². The molecule has 0 aliphatic rings. The van der Waals surface area contributed by atoms with Crippen LogP contribution >= 0.6 is 11.8 Å². The van der Waals surface area contributed by atoms with E-state index >= 15 is 0 Å². The fourth-order valence-electron chi connectivity index (χ4n) is 3.54. The van der Waals surface area contributed by atoms with E-state index in [1.54, 1.807) is 18.0 Å². The van der Waals surface area contributed by atoms with Crippen molar-refractivity contribution in [2.24, 2.45) is 7.05 Å². The number of hydrogen-bond acceptors (Lipinski definition) is 3. The molecule has 0 saturated heterocycles. The largest absolute Gasteiger partial charge is 0.357 e. The third-order valence-corrected chi connectivity index (χ3v) is 6.16. The van der Waals surface area contributed by atoms with E-state index in [0.717, 1.165) is 21.7 Å². The molecule has 0 fully saturated rings. The highest BCUT2D eigenvalue weighted by Crippen LogP contribution is 2.27. The average Bonchev–Trinajstić information content (AvgIpc) is 3.24. The molecule has 0 saturated carbocycles. The van der Waals surface area contributed by atoms with Gasteiger partial charge in [-0.25, -0.2) is 0 Å². The summed E-state index contributed by atoms with van der Waals surface area (Å²) in [6.07, 6.45) is 7.97. The van der Waals surface area contributed by atoms with E-state index in [4.69, 9.17) is 0 Å². The molecule has 2 heterocycles. The Morgan fingerprint density at radius 3 is 2.52 bits per heavy atom. The van der Waals surface area contributed by atoms with E-state index in [2.05, 4.69) is 53.8 Å². The summed E-state index contributed by atoms with van der Waals surface area (Å²) in [7, 11) is 2.02. The highest BCUT2D eigenvalue weighted by Gasteiger charge is 2.09. The molecule has 2 aromatic carbocycles. The summed E-state index contributed by atoms with van der Waals surface area (Å²) in [4.78, 5) is 18.2. The number of aryl methyl sites for hydroxylation is 2. The van der Waals surface area contributed by atoms with Crippen molar-refractivity contribution in [2.75, 3.05) is 6.26 Å². The number of benzene rings is 2. The summed E-state index contributed by atoms with van der Waals surface area (Å²) < 4.78 is 2.05. The van der Waals surface area contributed by atoms with Gasteiger partial charge >= 0.3 is 0 Å². The predicted octanol–water partition coefficient (Wildman–Crippen LogP) is 5.71. The highest BCUT2D eigenvalue weighted by atomic mass is 32.2. The molecule has 0 radical (unpaired) electrons. The molecule has 0 atom stereocenters. The first-order chi connectivity index (χ1) is 15.0. The summed E-state index contributed by atoms with van der Waals surface area (Å²) in [5.74, 6) is -0.0893. The van der Waals surface area contributed by atoms with Crippen molar-refractivity contribution in [1.29, 1.82) is 0 Å². The monoisotopic (exact) mass is 427 g/mol. The van der Waals surface area contributed by atoms with Crippen molar-refractivity contribution in [3.8, 4) is 22.3 Å². The van der Waals surface area contributed by atoms with E-state index < -0.39 is 0 Å². The van der Waals surface area contributed by atoms with E-state index in [9.17, 15) is 4.79 Å². The number of amides is 1. The molecular weight excluding hydrogens is 402 g/mol. The molecule has 0 aliphatic carbocycles. The van der Waals surface area contributed by atoms with Gasteiger partial charge in [0.15, 0.2) is 0 Å². The number of carbonyl (C=O) groups is 1. The number of aromatic nitrogens is 2. The molecule has 0 spiro atoms. The van der Waals surface area contributed by atoms with Crippen LogP contribution in [0.4, 0.5) is 0 Å². The Bertz CT molecular complexity index is 1230. The number of pyridine rings is 1. The highest BCUT2D eigenvalue weighted by molar-refractivity contribution is 7.98. The summed E-state index contributed by atoms with van der Waals surface area (Å²) in [5, 5.41) is 2.99. The molecule has 156 valence electrons. The fraction of sp³-hybridized carbons (Fsp3) is 0.154. The second-order valence-electron chi connectivity index (χ2n) is 7.55. The van der Waals surface area contributed by atoms with Gasteiger partial charge in [-0.15, -0.1) is 11.8 Å². The lowest BCUT2D eigenvalue weighted by atomic mass is 10.0. The molecule has 31 heavy (non-hydrogen) atoms. The van der Waals surface area contributed by atoms with Gasteiger partial charge in [-0.05, 0) is 77.4 Å². The zero-order chi connectivity index (χ0) is 21.8. The van der Waals surface area contributed by atoms with Crippen LogP contribution in [0, 0.1) is 6.92 Å². The topological polar surface area (TPSA) is 46.9 Å². The molecule has 0 aliphatic heterocycles. The third-order valence-electron chi connectivity index (χ3n) is 5.28. The van der Waals surface area contributed by atoms with Crippen LogP contribution in [0.15, 0.2) is 84.1 Å². The summed E-state index contributed by atoms with van der Waals surface area (Å²) in [6.45, 7) is 2.43. The van der Waals surface area contributed by atoms with Crippen LogP contribution in [0.5, 0.6) is 0 Å². The Morgan fingerprint density at radius 1 is 1.00 bits per heavy atom. The maximum atomic E-state index is 12.6. The molecule has 2 aromatic heterocycles. The smallest absolute Gasteiger partial charge is 0.251 e. The first-order valence-electron chi connectivity index (χ1n) is 10.1. The predicted molar refractivity (Wildman–Crippen MR) is 128 cm³/mol. The molecule has 0 unspecified atom stereocenters. The second kappa shape index (κ2) is 9.23. The molecule has 4 rings (SSSR count). The molecular formula is C26H25N3OS. The van der Waals surface area contributed by atoms with E-state index in [-0.39, 0.29) is 5.91 Å². The van der Waals surface area contributed by atoms with Gasteiger partial charge in [0.2, 0.25) is 0 Å². The maximum Gasteiger partial charge on any atom is 0.251 e. The molecule has 5 heteroatoms. The number of nitrogens with one attached hydrogen (secondary N) is 1. The van der Waals surface area contributed by atoms with Gasteiger partial charge < -0.3 is 9.88 Å². The Balaban J connectivity index is 1.49. The number of hydrogen-bond donors (Lipinski definition) is 1. The van der Waals surface area contributed by atoms with Crippen LogP contribution in [0.3, 0.4) is 0 Å². The third kappa shape index (κ3) is 4.89. The number of nitrogens with zero attached hydrogens (tertiary/aromatic N) is 2. The second-order valence-corrected chi connectivity index (χ2v) is 8.40. The van der Waals surface area contributed by atoms with Gasteiger partial charge in [-0.3, -0.25) is 9.78 Å². The normalized spacial score (nSPS) is 10.8. The Hall–Kier alpha value is -3.31. The van der Waals surface area contributed by atoms with Gasteiger partial charge in [0.1, 0.15) is 0 Å². The minimum atomic E-state index is -0.0893. The van der Waals surface area contributed by atoms with Crippen LogP contribution in [-0.4, -0.2) is 21.7 Å². The van der Waals surface area contributed by atoms with Crippen molar-refractivity contribution < 1.29 is 4.79 Å². The summed E-state index contributed by atoms with van der Waals surface area (Å²) >= 11 is 1.65. The molecule has 4 aromatic rings. The molecule has 1 amide bonds. The quantitative estimate of drug-likeness (QED) is 0.401. The van der Waals surface area contributed by atoms with E-state index in [1.165, 1.54) is 16.7 Å². The van der Waals surface area contributed by atoms with Crippen LogP contribution in [-0.2, 0) is 13.6 Å². The van der Waals surface area contributed by atoms with Crippen molar-refractivity contribution in [3.63, 3.8) is 0 Å². The average molecular weight is 428 g/mol. The lowest BCUT2D eigenvalue weighted by Gasteiger charge is -2.09. The van der Waals surface area contributed by atoms with Crippen molar-refractivity contribution in [1.82, 2.24) is 14.9 Å². The van der Waals surface area contributed by atoms with Crippen LogP contribution in [0.1, 0.15) is 21.6 Å². The Kier molecular flexibility index (Phi) is 6.23. The van der Waals surface area contributed by atoms with Gasteiger partial charge in [0, 0.05) is 36.1 Å². The SMILES string of the molecule is CSc1cc(C(=O)NCc2cc(-c3cccc(-c4ccn(C)c4)c3)ccn2)ccc1C. The van der Waals surface area contributed by atoms with Crippen molar-refractivity contribution in [3.05, 3.63) is 96.1 Å². The summed E-state index contributed by atoms with van der Waals surface area (Å²) in [5.41, 5.74) is 7.24. The maximum absolute atomic E-state index is 12.6. The lowest BCUT2D eigenvalue weighted by Crippen LogP contribution is -2.23. The van der Waals surface area contributed by atoms with Crippen LogP contribution < -0.4 is 5.32 Å². The number of carbonyl (C=O) groups excluding carboxylic acids is 1. The zero-order valence-electron chi connectivity index (χ0n) is 17.9. The molecule has 0 bridgehead atoms. The summed E-state index contributed by atoms with van der Waals surface area (Å²) in [6, 6.07) is 20.4. The Morgan fingerprint density at radius 2 is 1.77 bits per heavy atom. The van der Waals surface area contributed by atoms with Gasteiger partial charge in [-0.1, -0.05) is 24.3 Å². The van der Waals surface area contributed by atoms with E-state index in [1.807, 2.05) is 54.4 Å². The van der Waals surface area contributed by atoms with Crippen LogP contribution in [0.25, 0.3) is 22.3 Å². The van der Waals surface area contributed by atoms with Gasteiger partial charge in [0.05, 0.1) is 12.2 Å².